The molecule has 1 amide bonds. The first-order valence-corrected chi connectivity index (χ1v) is 7.44. The molecule has 0 aliphatic heterocycles. The van der Waals surface area contributed by atoms with Crippen LogP contribution in [-0.2, 0) is 4.79 Å². The van der Waals surface area contributed by atoms with Crippen molar-refractivity contribution in [1.82, 2.24) is 5.32 Å². The summed E-state index contributed by atoms with van der Waals surface area (Å²) in [6.45, 7) is 4.71. The van der Waals surface area contributed by atoms with Crippen molar-refractivity contribution in [1.29, 1.82) is 0 Å². The fraction of sp³-hybridized carbons (Fsp3) is 0.250. The van der Waals surface area contributed by atoms with Gasteiger partial charge in [0.15, 0.2) is 0 Å². The number of hydrogen-bond donors (Lipinski definition) is 2. The molecule has 22 heavy (non-hydrogen) atoms. The van der Waals surface area contributed by atoms with Gasteiger partial charge < -0.3 is 10.4 Å². The summed E-state index contributed by atoms with van der Waals surface area (Å²) in [6.07, 6.45) is 0. The van der Waals surface area contributed by atoms with E-state index in [4.69, 9.17) is 5.11 Å². The highest BCUT2D eigenvalue weighted by Gasteiger charge is 2.30. The van der Waals surface area contributed by atoms with E-state index in [1.165, 1.54) is 37.3 Å². The molecular weight excluding hydrogens is 305 g/mol. The average molecular weight is 321 g/mol. The maximum absolute atomic E-state index is 13.0. The van der Waals surface area contributed by atoms with E-state index in [1.54, 1.807) is 18.2 Å². The monoisotopic (exact) mass is 321 g/mol. The van der Waals surface area contributed by atoms with Gasteiger partial charge in [0.2, 0.25) is 0 Å². The summed E-state index contributed by atoms with van der Waals surface area (Å²) in [4.78, 5) is 24.6. The third kappa shape index (κ3) is 3.33. The molecule has 0 unspecified atom stereocenters. The Kier molecular flexibility index (Phi) is 4.32. The van der Waals surface area contributed by atoms with Gasteiger partial charge in [-0.2, -0.15) is 0 Å². The van der Waals surface area contributed by atoms with Crippen LogP contribution >= 0.6 is 11.3 Å². The molecule has 1 aromatic heterocycles. The highest BCUT2D eigenvalue weighted by Crippen LogP contribution is 2.31. The number of amides is 1. The zero-order chi connectivity index (χ0) is 16.5. The van der Waals surface area contributed by atoms with Gasteiger partial charge in [0.05, 0.1) is 4.88 Å². The quantitative estimate of drug-likeness (QED) is 0.906. The number of benzene rings is 1. The van der Waals surface area contributed by atoms with Crippen LogP contribution in [0.25, 0.3) is 11.1 Å². The smallest absolute Gasteiger partial charge is 0.328 e. The molecule has 4 nitrogen and oxygen atoms in total. The molecule has 0 atom stereocenters. The summed E-state index contributed by atoms with van der Waals surface area (Å²) in [5.74, 6) is -1.86. The second-order valence-corrected chi connectivity index (χ2v) is 6.73. The van der Waals surface area contributed by atoms with Crippen molar-refractivity contribution in [3.63, 3.8) is 0 Å². The number of carbonyl (C=O) groups excluding carboxylic acids is 1. The first-order valence-electron chi connectivity index (χ1n) is 6.63. The predicted molar refractivity (Wildman–Crippen MR) is 83.6 cm³/mol. The number of hydrogen-bond acceptors (Lipinski definition) is 3. The number of aryl methyl sites for hydroxylation is 1. The van der Waals surface area contributed by atoms with Crippen molar-refractivity contribution in [2.75, 3.05) is 0 Å². The Morgan fingerprint density at radius 2 is 1.82 bits per heavy atom. The number of carbonyl (C=O) groups is 2. The van der Waals surface area contributed by atoms with Crippen molar-refractivity contribution in [2.45, 2.75) is 26.3 Å². The fourth-order valence-electron chi connectivity index (χ4n) is 1.91. The molecule has 0 saturated carbocycles. The van der Waals surface area contributed by atoms with E-state index < -0.39 is 17.4 Å². The van der Waals surface area contributed by atoms with Crippen LogP contribution in [-0.4, -0.2) is 22.5 Å². The average Bonchev–Trinajstić information content (AvgIpc) is 2.81. The van der Waals surface area contributed by atoms with E-state index in [0.29, 0.717) is 4.88 Å². The Bertz CT molecular complexity index is 719. The van der Waals surface area contributed by atoms with E-state index in [9.17, 15) is 14.0 Å². The highest BCUT2D eigenvalue weighted by atomic mass is 32.1. The van der Waals surface area contributed by atoms with Gasteiger partial charge in [-0.25, -0.2) is 9.18 Å². The number of rotatable bonds is 4. The van der Waals surface area contributed by atoms with Crippen LogP contribution in [0.4, 0.5) is 4.39 Å². The van der Waals surface area contributed by atoms with Gasteiger partial charge in [0.25, 0.3) is 5.91 Å². The van der Waals surface area contributed by atoms with Gasteiger partial charge >= 0.3 is 5.97 Å². The minimum atomic E-state index is -1.34. The van der Waals surface area contributed by atoms with Gasteiger partial charge in [-0.15, -0.1) is 11.3 Å². The highest BCUT2D eigenvalue weighted by molar-refractivity contribution is 7.14. The number of thiophene rings is 1. The number of halogens is 1. The largest absolute Gasteiger partial charge is 0.480 e. The Balaban J connectivity index is 2.28. The molecule has 0 aliphatic rings. The molecule has 1 heterocycles. The lowest BCUT2D eigenvalue weighted by Crippen LogP contribution is -2.49. The van der Waals surface area contributed by atoms with E-state index in [0.717, 1.165) is 16.0 Å². The molecular formula is C16H16FNO3S. The van der Waals surface area contributed by atoms with Crippen LogP contribution < -0.4 is 5.32 Å². The van der Waals surface area contributed by atoms with Crippen LogP contribution in [0.2, 0.25) is 0 Å². The molecule has 0 saturated heterocycles. The van der Waals surface area contributed by atoms with Crippen LogP contribution in [0.5, 0.6) is 0 Å². The Morgan fingerprint density at radius 1 is 1.23 bits per heavy atom. The maximum Gasteiger partial charge on any atom is 0.328 e. The summed E-state index contributed by atoms with van der Waals surface area (Å²) in [6, 6.07) is 7.71. The lowest BCUT2D eigenvalue weighted by Gasteiger charge is -2.20. The number of carboxylic acids is 1. The van der Waals surface area contributed by atoms with Crippen molar-refractivity contribution >= 4 is 23.2 Å². The van der Waals surface area contributed by atoms with E-state index in [1.807, 2.05) is 6.92 Å². The Labute approximate surface area is 131 Å². The van der Waals surface area contributed by atoms with Gasteiger partial charge in [0.1, 0.15) is 11.4 Å². The molecule has 0 spiro atoms. The topological polar surface area (TPSA) is 66.4 Å². The van der Waals surface area contributed by atoms with E-state index in [-0.39, 0.29) is 5.82 Å². The molecule has 2 aromatic rings. The van der Waals surface area contributed by atoms with Crippen LogP contribution in [0, 0.1) is 12.7 Å². The van der Waals surface area contributed by atoms with E-state index >= 15 is 0 Å². The fourth-order valence-corrected chi connectivity index (χ4v) is 2.85. The number of carboxylic acid groups (broad SMARTS) is 1. The molecule has 6 heteroatoms. The second kappa shape index (κ2) is 5.88. The first-order chi connectivity index (χ1) is 10.2. The number of aliphatic carboxylic acids is 1. The lowest BCUT2D eigenvalue weighted by molar-refractivity contribution is -0.143. The molecule has 116 valence electrons. The van der Waals surface area contributed by atoms with Crippen molar-refractivity contribution in [3.8, 4) is 11.1 Å². The summed E-state index contributed by atoms with van der Waals surface area (Å²) >= 11 is 1.28. The molecule has 0 fully saturated rings. The van der Waals surface area contributed by atoms with Crippen LogP contribution in [0.1, 0.15) is 28.4 Å². The standard InChI is InChI=1S/C16H16FNO3S/c1-9-12(10-4-6-11(17)7-5-10)8-13(22-9)14(19)18-16(2,3)15(20)21/h4-8H,1-3H3,(H,18,19)(H,20,21). The Morgan fingerprint density at radius 3 is 2.36 bits per heavy atom. The molecule has 0 bridgehead atoms. The minimum absolute atomic E-state index is 0.321. The molecule has 2 N–H and O–H groups in total. The van der Waals surface area contributed by atoms with Gasteiger partial charge in [-0.05, 0) is 50.1 Å². The zero-order valence-electron chi connectivity index (χ0n) is 12.4. The molecule has 1 aromatic carbocycles. The van der Waals surface area contributed by atoms with Crippen molar-refractivity contribution in [2.24, 2.45) is 0 Å². The second-order valence-electron chi connectivity index (χ2n) is 5.47. The minimum Gasteiger partial charge on any atom is -0.480 e. The molecule has 2 rings (SSSR count). The van der Waals surface area contributed by atoms with Gasteiger partial charge in [0, 0.05) is 4.88 Å². The van der Waals surface area contributed by atoms with E-state index in [2.05, 4.69) is 5.32 Å². The Hall–Kier alpha value is -2.21. The maximum atomic E-state index is 13.0. The first kappa shape index (κ1) is 16.2. The summed E-state index contributed by atoms with van der Waals surface area (Å²) in [5.41, 5.74) is 0.306. The number of nitrogens with one attached hydrogen (secondary N) is 1. The third-order valence-corrected chi connectivity index (χ3v) is 4.31. The zero-order valence-corrected chi connectivity index (χ0v) is 13.3. The summed E-state index contributed by atoms with van der Waals surface area (Å²) in [5, 5.41) is 11.5. The third-order valence-electron chi connectivity index (χ3n) is 3.26. The van der Waals surface area contributed by atoms with Crippen LogP contribution in [0.15, 0.2) is 30.3 Å². The normalized spacial score (nSPS) is 11.3. The summed E-state index contributed by atoms with van der Waals surface area (Å²) < 4.78 is 13.0. The van der Waals surface area contributed by atoms with Crippen molar-refractivity contribution < 1.29 is 19.1 Å². The van der Waals surface area contributed by atoms with Crippen LogP contribution in [0.3, 0.4) is 0 Å². The lowest BCUT2D eigenvalue weighted by atomic mass is 10.1. The van der Waals surface area contributed by atoms with Gasteiger partial charge in [-0.3, -0.25) is 4.79 Å². The SMILES string of the molecule is Cc1sc(C(=O)NC(C)(C)C(=O)O)cc1-c1ccc(F)cc1. The molecule has 0 aliphatic carbocycles. The molecule has 0 radical (unpaired) electrons. The van der Waals surface area contributed by atoms with Crippen molar-refractivity contribution in [3.05, 3.63) is 45.9 Å². The summed E-state index contributed by atoms with van der Waals surface area (Å²) in [7, 11) is 0. The van der Waals surface area contributed by atoms with Gasteiger partial charge in [-0.1, -0.05) is 12.1 Å². The predicted octanol–water partition coefficient (Wildman–Crippen LogP) is 3.46.